The average molecular weight is 601 g/mol. The minimum Gasteiger partial charge on any atom is -0.309 e. The summed E-state index contributed by atoms with van der Waals surface area (Å²) in [6.07, 6.45) is 0. The lowest BCUT2D eigenvalue weighted by Gasteiger charge is -2.11. The van der Waals surface area contributed by atoms with Crippen LogP contribution in [0.2, 0.25) is 0 Å². The minimum atomic E-state index is 0.644. The van der Waals surface area contributed by atoms with E-state index in [-0.39, 0.29) is 0 Å². The monoisotopic (exact) mass is 600 g/mol. The van der Waals surface area contributed by atoms with E-state index in [1.807, 2.05) is 36.4 Å². The third-order valence-corrected chi connectivity index (χ3v) is 8.84. The molecule has 4 heteroatoms. The molecule has 0 amide bonds. The second kappa shape index (κ2) is 11.2. The van der Waals surface area contributed by atoms with Gasteiger partial charge >= 0.3 is 0 Å². The highest BCUT2D eigenvalue weighted by molar-refractivity contribution is 6.09. The van der Waals surface area contributed by atoms with Crippen LogP contribution < -0.4 is 0 Å². The van der Waals surface area contributed by atoms with Gasteiger partial charge in [0.25, 0.3) is 0 Å². The molecule has 9 rings (SSSR count). The first-order valence-electron chi connectivity index (χ1n) is 15.8. The Hall–Kier alpha value is -6.39. The number of nitrogens with zero attached hydrogens (tertiary/aromatic N) is 4. The van der Waals surface area contributed by atoms with Gasteiger partial charge in [0.2, 0.25) is 0 Å². The maximum absolute atomic E-state index is 5.04. The van der Waals surface area contributed by atoms with Gasteiger partial charge in [0.15, 0.2) is 17.5 Å². The number of para-hydroxylation sites is 2. The predicted octanol–water partition coefficient (Wildman–Crippen LogP) is 10.8. The normalized spacial score (nSPS) is 11.4. The molecule has 0 spiro atoms. The van der Waals surface area contributed by atoms with Gasteiger partial charge in [0, 0.05) is 33.2 Å². The molecule has 9 aromatic rings. The highest BCUT2D eigenvalue weighted by Gasteiger charge is 2.15. The van der Waals surface area contributed by atoms with Crippen LogP contribution in [0.1, 0.15) is 0 Å². The SMILES string of the molecule is c1ccc(-c2ccc(-c3nc(-c4ccccc4)nc(-c4ccc5ccc(-n6c7ccccc7c7ccccc76)cc5c4)n3)cc2)cc1. The van der Waals surface area contributed by atoms with Crippen LogP contribution in [0, 0.1) is 0 Å². The molecule has 0 unspecified atom stereocenters. The molecule has 4 nitrogen and oxygen atoms in total. The zero-order valence-electron chi connectivity index (χ0n) is 25.5. The molecule has 0 bridgehead atoms. The molecule has 0 aliphatic rings. The molecule has 0 aliphatic heterocycles. The minimum absolute atomic E-state index is 0.644. The molecule has 2 heterocycles. The number of rotatable bonds is 5. The Balaban J connectivity index is 1.18. The Morgan fingerprint density at radius 1 is 0.319 bits per heavy atom. The molecule has 0 atom stereocenters. The van der Waals surface area contributed by atoms with Crippen molar-refractivity contribution >= 4 is 32.6 Å². The van der Waals surface area contributed by atoms with Gasteiger partial charge in [-0.05, 0) is 52.2 Å². The number of hydrogen-bond acceptors (Lipinski definition) is 3. The Kier molecular flexibility index (Phi) is 6.43. The van der Waals surface area contributed by atoms with Gasteiger partial charge in [-0.3, -0.25) is 0 Å². The fraction of sp³-hybridized carbons (Fsp3) is 0. The molecule has 7 aromatic carbocycles. The molecular formula is C43H28N4. The van der Waals surface area contributed by atoms with Crippen molar-refractivity contribution in [1.29, 1.82) is 0 Å². The van der Waals surface area contributed by atoms with E-state index in [2.05, 4.69) is 138 Å². The van der Waals surface area contributed by atoms with Crippen molar-refractivity contribution in [2.75, 3.05) is 0 Å². The van der Waals surface area contributed by atoms with Crippen LogP contribution in [0.4, 0.5) is 0 Å². The second-order valence-corrected chi connectivity index (χ2v) is 11.7. The molecular weight excluding hydrogens is 573 g/mol. The fourth-order valence-electron chi connectivity index (χ4n) is 6.51. The average Bonchev–Trinajstić information content (AvgIpc) is 3.49. The van der Waals surface area contributed by atoms with E-state index in [1.54, 1.807) is 0 Å². The van der Waals surface area contributed by atoms with Crippen LogP contribution in [-0.4, -0.2) is 19.5 Å². The second-order valence-electron chi connectivity index (χ2n) is 11.7. The number of fused-ring (bicyclic) bond motifs is 4. The standard InChI is InChI=1S/C43H28N4/c1-3-11-29(12-4-1)30-19-22-33(23-20-30)42-44-41(32-13-5-2-6-14-32)45-43(46-42)34-24-21-31-25-26-36(28-35(31)27-34)47-39-17-9-7-15-37(39)38-16-8-10-18-40(38)47/h1-28H. The summed E-state index contributed by atoms with van der Waals surface area (Å²) in [5.41, 5.74) is 8.67. The van der Waals surface area contributed by atoms with E-state index >= 15 is 0 Å². The van der Waals surface area contributed by atoms with Gasteiger partial charge in [0.05, 0.1) is 11.0 Å². The lowest BCUT2D eigenvalue weighted by atomic mass is 10.0. The topological polar surface area (TPSA) is 43.6 Å². The summed E-state index contributed by atoms with van der Waals surface area (Å²) in [5, 5.41) is 4.78. The Bertz CT molecular complexity index is 2500. The van der Waals surface area contributed by atoms with Crippen molar-refractivity contribution in [2.45, 2.75) is 0 Å². The third-order valence-electron chi connectivity index (χ3n) is 8.84. The summed E-state index contributed by atoms with van der Waals surface area (Å²) in [5.74, 6) is 1.94. The largest absolute Gasteiger partial charge is 0.309 e. The first-order chi connectivity index (χ1) is 23.3. The van der Waals surface area contributed by atoms with Crippen LogP contribution in [0.5, 0.6) is 0 Å². The summed E-state index contributed by atoms with van der Waals surface area (Å²) in [7, 11) is 0. The van der Waals surface area contributed by atoms with E-state index in [4.69, 9.17) is 15.0 Å². The number of hydrogen-bond donors (Lipinski definition) is 0. The maximum atomic E-state index is 5.04. The fourth-order valence-corrected chi connectivity index (χ4v) is 6.51. The summed E-state index contributed by atoms with van der Waals surface area (Å²) in [4.78, 5) is 15.0. The Labute approximate surface area is 272 Å². The van der Waals surface area contributed by atoms with E-state index in [9.17, 15) is 0 Å². The van der Waals surface area contributed by atoms with Gasteiger partial charge in [-0.25, -0.2) is 15.0 Å². The molecule has 0 N–H and O–H groups in total. The van der Waals surface area contributed by atoms with Crippen molar-refractivity contribution in [2.24, 2.45) is 0 Å². The predicted molar refractivity (Wildman–Crippen MR) is 193 cm³/mol. The molecule has 47 heavy (non-hydrogen) atoms. The van der Waals surface area contributed by atoms with Crippen molar-refractivity contribution < 1.29 is 0 Å². The first kappa shape index (κ1) is 27.0. The van der Waals surface area contributed by atoms with Crippen LogP contribution in [0.25, 0.3) is 83.6 Å². The molecule has 0 aliphatic carbocycles. The summed E-state index contributed by atoms with van der Waals surface area (Å²) in [6, 6.07) is 59.3. The van der Waals surface area contributed by atoms with Crippen molar-refractivity contribution in [3.8, 4) is 51.0 Å². The zero-order chi connectivity index (χ0) is 31.2. The first-order valence-corrected chi connectivity index (χ1v) is 15.8. The third kappa shape index (κ3) is 4.84. The van der Waals surface area contributed by atoms with Gasteiger partial charge in [-0.15, -0.1) is 0 Å². The van der Waals surface area contributed by atoms with Crippen molar-refractivity contribution in [3.05, 3.63) is 170 Å². The van der Waals surface area contributed by atoms with E-state index in [0.29, 0.717) is 17.5 Å². The van der Waals surface area contributed by atoms with E-state index < -0.39 is 0 Å². The highest BCUT2D eigenvalue weighted by atomic mass is 15.0. The van der Waals surface area contributed by atoms with Crippen molar-refractivity contribution in [3.63, 3.8) is 0 Å². The van der Waals surface area contributed by atoms with Gasteiger partial charge < -0.3 is 4.57 Å². The molecule has 0 saturated carbocycles. The number of benzene rings is 7. The lowest BCUT2D eigenvalue weighted by Crippen LogP contribution is -2.00. The highest BCUT2D eigenvalue weighted by Crippen LogP contribution is 2.34. The van der Waals surface area contributed by atoms with Gasteiger partial charge in [-0.1, -0.05) is 140 Å². The van der Waals surface area contributed by atoms with E-state index in [0.717, 1.165) is 38.7 Å². The van der Waals surface area contributed by atoms with Gasteiger partial charge in [0.1, 0.15) is 0 Å². The zero-order valence-corrected chi connectivity index (χ0v) is 25.5. The Morgan fingerprint density at radius 2 is 0.766 bits per heavy atom. The van der Waals surface area contributed by atoms with Crippen LogP contribution in [0.3, 0.4) is 0 Å². The smallest absolute Gasteiger partial charge is 0.164 e. The summed E-state index contributed by atoms with van der Waals surface area (Å²) < 4.78 is 2.35. The quantitative estimate of drug-likeness (QED) is 0.197. The summed E-state index contributed by atoms with van der Waals surface area (Å²) in [6.45, 7) is 0. The molecule has 0 radical (unpaired) electrons. The maximum Gasteiger partial charge on any atom is 0.164 e. The summed E-state index contributed by atoms with van der Waals surface area (Å²) >= 11 is 0. The molecule has 0 fully saturated rings. The van der Waals surface area contributed by atoms with Crippen molar-refractivity contribution in [1.82, 2.24) is 19.5 Å². The number of aromatic nitrogens is 4. The lowest BCUT2D eigenvalue weighted by molar-refractivity contribution is 1.07. The van der Waals surface area contributed by atoms with Crippen LogP contribution >= 0.6 is 0 Å². The molecule has 2 aromatic heterocycles. The van der Waals surface area contributed by atoms with Crippen LogP contribution in [0.15, 0.2) is 170 Å². The van der Waals surface area contributed by atoms with Crippen LogP contribution in [-0.2, 0) is 0 Å². The van der Waals surface area contributed by atoms with Gasteiger partial charge in [-0.2, -0.15) is 0 Å². The Morgan fingerprint density at radius 3 is 1.40 bits per heavy atom. The molecule has 220 valence electrons. The van der Waals surface area contributed by atoms with E-state index in [1.165, 1.54) is 27.4 Å². The molecule has 0 saturated heterocycles.